The first-order valence-electron chi connectivity index (χ1n) is 15.9. The number of carboxylic acids is 2. The smallest absolute Gasteiger partial charge is 0.307 e. The van der Waals surface area contributed by atoms with E-state index in [0.717, 1.165) is 21.9 Å². The molecular weight excluding hydrogens is 642 g/mol. The predicted molar refractivity (Wildman–Crippen MR) is 188 cm³/mol. The van der Waals surface area contributed by atoms with Crippen molar-refractivity contribution in [2.45, 2.75) is 44.7 Å². The largest absolute Gasteiger partial charge is 0.481 e. The first kappa shape index (κ1) is 34.8. The highest BCUT2D eigenvalue weighted by Crippen LogP contribution is 2.31. The topological polar surface area (TPSA) is 137 Å². The van der Waals surface area contributed by atoms with Gasteiger partial charge in [-0.2, -0.15) is 0 Å². The van der Waals surface area contributed by atoms with Gasteiger partial charge < -0.3 is 20.4 Å². The number of carboxylic acid groups (broad SMARTS) is 2. The molecule has 5 rings (SSSR count). The average Bonchev–Trinajstić information content (AvgIpc) is 3.09. The Hall–Kier alpha value is -5.54. The van der Waals surface area contributed by atoms with Crippen LogP contribution in [0, 0.1) is 5.92 Å². The normalized spacial score (nSPS) is 12.9. The van der Waals surface area contributed by atoms with Crippen LogP contribution >= 0.6 is 11.6 Å². The van der Waals surface area contributed by atoms with E-state index in [1.807, 2.05) is 79.7 Å². The number of para-hydroxylation sites is 1. The summed E-state index contributed by atoms with van der Waals surface area (Å²) in [5.41, 5.74) is 3.37. The van der Waals surface area contributed by atoms with Crippen LogP contribution in [0.5, 0.6) is 0 Å². The number of nitrogens with one attached hydrogen (secondary N) is 1. The number of halogens is 1. The molecule has 1 heterocycles. The highest BCUT2D eigenvalue weighted by Gasteiger charge is 2.33. The molecule has 3 atom stereocenters. The fourth-order valence-corrected chi connectivity index (χ4v) is 6.08. The van der Waals surface area contributed by atoms with E-state index in [9.17, 15) is 29.4 Å². The lowest BCUT2D eigenvalue weighted by atomic mass is 9.86. The summed E-state index contributed by atoms with van der Waals surface area (Å²) in [6, 6.07) is 32.9. The number of carbonyl (C=O) groups is 4. The molecule has 2 amide bonds. The second-order valence-electron chi connectivity index (χ2n) is 12.0. The summed E-state index contributed by atoms with van der Waals surface area (Å²) in [7, 11) is 0. The molecule has 0 aliphatic rings. The molecule has 10 heteroatoms. The van der Waals surface area contributed by atoms with Crippen LogP contribution in [0.15, 0.2) is 115 Å². The molecule has 0 bridgehead atoms. The van der Waals surface area contributed by atoms with Crippen molar-refractivity contribution in [3.8, 4) is 0 Å². The maximum Gasteiger partial charge on any atom is 0.307 e. The number of aliphatic carboxylic acids is 2. The van der Waals surface area contributed by atoms with Crippen molar-refractivity contribution in [3.05, 3.63) is 143 Å². The summed E-state index contributed by atoms with van der Waals surface area (Å²) in [5.74, 6) is -5.20. The molecule has 0 spiro atoms. The first-order valence-corrected chi connectivity index (χ1v) is 16.2. The highest BCUT2D eigenvalue weighted by atomic mass is 35.5. The molecule has 0 saturated carbocycles. The Balaban J connectivity index is 1.50. The average molecular weight is 678 g/mol. The number of anilines is 1. The van der Waals surface area contributed by atoms with Crippen LogP contribution in [-0.4, -0.2) is 49.9 Å². The van der Waals surface area contributed by atoms with E-state index >= 15 is 0 Å². The minimum absolute atomic E-state index is 0.154. The number of nitrogens with zero attached hydrogens (tertiary/aromatic N) is 2. The number of rotatable bonds is 14. The standard InChI is InChI=1S/C39H36ClN3O6/c1-25(43(36(44)21-31(39(48)49)22-37(45)46)24-26-11-12-27-7-5-6-8-29(27)19-26)35(28-13-15-32(40)16-14-28)23-34-20-30(17-18-41-34)38(47)42-33-9-3-2-4-10-33/h2-20,25,31,35H,21-24H2,1H3,(H,42,47)(H,45,46)(H,48,49). The van der Waals surface area contributed by atoms with Crippen molar-refractivity contribution in [1.82, 2.24) is 9.88 Å². The zero-order valence-electron chi connectivity index (χ0n) is 26.8. The van der Waals surface area contributed by atoms with E-state index in [4.69, 9.17) is 11.6 Å². The van der Waals surface area contributed by atoms with Crippen LogP contribution in [-0.2, 0) is 27.3 Å². The monoisotopic (exact) mass is 677 g/mol. The van der Waals surface area contributed by atoms with E-state index in [1.54, 1.807) is 47.5 Å². The van der Waals surface area contributed by atoms with Gasteiger partial charge in [0.2, 0.25) is 5.91 Å². The van der Waals surface area contributed by atoms with Gasteiger partial charge >= 0.3 is 11.9 Å². The lowest BCUT2D eigenvalue weighted by molar-refractivity contribution is -0.151. The third-order valence-corrected chi connectivity index (χ3v) is 8.84. The van der Waals surface area contributed by atoms with E-state index in [0.29, 0.717) is 28.4 Å². The summed E-state index contributed by atoms with van der Waals surface area (Å²) in [5, 5.41) is 24.6. The van der Waals surface area contributed by atoms with E-state index in [1.165, 1.54) is 0 Å². The van der Waals surface area contributed by atoms with Gasteiger partial charge in [0.15, 0.2) is 0 Å². The number of hydrogen-bond donors (Lipinski definition) is 3. The van der Waals surface area contributed by atoms with Crippen LogP contribution in [0.3, 0.4) is 0 Å². The van der Waals surface area contributed by atoms with Gasteiger partial charge in [-0.05, 0) is 77.7 Å². The fourth-order valence-electron chi connectivity index (χ4n) is 5.95. The van der Waals surface area contributed by atoms with Gasteiger partial charge in [0.25, 0.3) is 5.91 Å². The summed E-state index contributed by atoms with van der Waals surface area (Å²) < 4.78 is 0. The molecule has 250 valence electrons. The van der Waals surface area contributed by atoms with Gasteiger partial charge in [-0.1, -0.05) is 78.3 Å². The summed E-state index contributed by atoms with van der Waals surface area (Å²) >= 11 is 6.25. The number of pyridine rings is 1. The molecule has 9 nitrogen and oxygen atoms in total. The first-order chi connectivity index (χ1) is 23.6. The molecule has 1 aromatic heterocycles. The molecule has 0 radical (unpaired) electrons. The zero-order valence-corrected chi connectivity index (χ0v) is 27.6. The summed E-state index contributed by atoms with van der Waals surface area (Å²) in [6.45, 7) is 2.04. The summed E-state index contributed by atoms with van der Waals surface area (Å²) in [6.07, 6.45) is 0.732. The number of aromatic nitrogens is 1. The molecule has 0 aliphatic carbocycles. The van der Waals surface area contributed by atoms with Crippen molar-refractivity contribution < 1.29 is 29.4 Å². The highest BCUT2D eigenvalue weighted by molar-refractivity contribution is 6.30. The van der Waals surface area contributed by atoms with Gasteiger partial charge in [0, 0.05) is 53.1 Å². The van der Waals surface area contributed by atoms with E-state index < -0.39 is 42.6 Å². The molecule has 0 fully saturated rings. The Bertz CT molecular complexity index is 1950. The Labute approximate surface area is 289 Å². The second kappa shape index (κ2) is 16.0. The fraction of sp³-hybridized carbons (Fsp3) is 0.205. The van der Waals surface area contributed by atoms with Gasteiger partial charge in [-0.15, -0.1) is 0 Å². The third-order valence-electron chi connectivity index (χ3n) is 8.59. The van der Waals surface area contributed by atoms with Crippen LogP contribution in [0.1, 0.15) is 52.9 Å². The van der Waals surface area contributed by atoms with Crippen molar-refractivity contribution in [2.24, 2.45) is 5.92 Å². The van der Waals surface area contributed by atoms with Crippen LogP contribution < -0.4 is 5.32 Å². The molecule has 3 unspecified atom stereocenters. The minimum atomic E-state index is -1.40. The Morgan fingerprint density at radius 1 is 0.816 bits per heavy atom. The van der Waals surface area contributed by atoms with Crippen molar-refractivity contribution >= 4 is 51.8 Å². The van der Waals surface area contributed by atoms with Gasteiger partial charge in [-0.3, -0.25) is 24.2 Å². The number of hydrogen-bond acceptors (Lipinski definition) is 5. The minimum Gasteiger partial charge on any atom is -0.481 e. The third kappa shape index (κ3) is 9.30. The van der Waals surface area contributed by atoms with E-state index in [2.05, 4.69) is 10.3 Å². The van der Waals surface area contributed by atoms with Crippen LogP contribution in [0.2, 0.25) is 5.02 Å². The van der Waals surface area contributed by atoms with Crippen LogP contribution in [0.25, 0.3) is 10.8 Å². The SMILES string of the molecule is CC(C(Cc1cc(C(=O)Nc2ccccc2)ccn1)c1ccc(Cl)cc1)N(Cc1ccc2ccccc2c1)C(=O)CC(CC(=O)O)C(=O)O. The maximum atomic E-state index is 14.1. The zero-order chi connectivity index (χ0) is 34.9. The van der Waals surface area contributed by atoms with Gasteiger partial charge in [0.05, 0.1) is 12.3 Å². The Morgan fingerprint density at radius 2 is 1.51 bits per heavy atom. The lowest BCUT2D eigenvalue weighted by Crippen LogP contribution is -2.43. The maximum absolute atomic E-state index is 14.1. The second-order valence-corrected chi connectivity index (χ2v) is 12.4. The molecular formula is C39H36ClN3O6. The predicted octanol–water partition coefficient (Wildman–Crippen LogP) is 7.45. The van der Waals surface area contributed by atoms with Crippen LogP contribution in [0.4, 0.5) is 5.69 Å². The number of fused-ring (bicyclic) bond motifs is 1. The Kier molecular flexibility index (Phi) is 11.4. The molecule has 0 saturated heterocycles. The molecule has 0 aliphatic heterocycles. The molecule has 49 heavy (non-hydrogen) atoms. The molecule has 4 aromatic carbocycles. The van der Waals surface area contributed by atoms with Crippen molar-refractivity contribution in [3.63, 3.8) is 0 Å². The number of carbonyl (C=O) groups excluding carboxylic acids is 2. The van der Waals surface area contributed by atoms with Crippen molar-refractivity contribution in [2.75, 3.05) is 5.32 Å². The summed E-state index contributed by atoms with van der Waals surface area (Å²) in [4.78, 5) is 56.9. The van der Waals surface area contributed by atoms with E-state index in [-0.39, 0.29) is 18.4 Å². The number of benzene rings is 4. The van der Waals surface area contributed by atoms with Crippen molar-refractivity contribution in [1.29, 1.82) is 0 Å². The molecule has 3 N–H and O–H groups in total. The van der Waals surface area contributed by atoms with Gasteiger partial charge in [0.1, 0.15) is 0 Å². The number of amides is 2. The quantitative estimate of drug-likeness (QED) is 0.111. The molecule has 5 aromatic rings. The lowest BCUT2D eigenvalue weighted by Gasteiger charge is -2.36. The Morgan fingerprint density at radius 3 is 2.20 bits per heavy atom. The van der Waals surface area contributed by atoms with Gasteiger partial charge in [-0.25, -0.2) is 0 Å².